The van der Waals surface area contributed by atoms with E-state index in [2.05, 4.69) is 0 Å². The molecule has 0 radical (unpaired) electrons. The van der Waals surface area contributed by atoms with Gasteiger partial charge in [0, 0.05) is 0 Å². The number of ether oxygens (including phenoxy) is 1. The van der Waals surface area contributed by atoms with Crippen LogP contribution in [0, 0.1) is 5.41 Å². The number of hydrogen-bond donors (Lipinski definition) is 1. The minimum atomic E-state index is -0.862. The van der Waals surface area contributed by atoms with Crippen molar-refractivity contribution in [2.45, 2.75) is 52.1 Å². The number of hydrogen-bond acceptors (Lipinski definition) is 3. The molecule has 14 heavy (non-hydrogen) atoms. The minimum absolute atomic E-state index is 0.288. The van der Waals surface area contributed by atoms with E-state index in [0.717, 1.165) is 12.8 Å². The molecule has 0 aliphatic heterocycles. The predicted molar refractivity (Wildman–Crippen MR) is 53.8 cm³/mol. The smallest absolute Gasteiger partial charge is 0.314 e. The van der Waals surface area contributed by atoms with Gasteiger partial charge in [0.25, 0.3) is 0 Å². The summed E-state index contributed by atoms with van der Waals surface area (Å²) >= 11 is 0. The monoisotopic (exact) mass is 200 g/mol. The molecule has 0 unspecified atom stereocenters. The lowest BCUT2D eigenvalue weighted by atomic mass is 9.73. The average molecular weight is 200 g/mol. The first-order valence-corrected chi connectivity index (χ1v) is 5.33. The first kappa shape index (κ1) is 11.5. The summed E-state index contributed by atoms with van der Waals surface area (Å²) in [5.41, 5.74) is -1.64. The van der Waals surface area contributed by atoms with Crippen molar-refractivity contribution in [3.63, 3.8) is 0 Å². The second-order valence-electron chi connectivity index (χ2n) is 4.58. The van der Waals surface area contributed by atoms with E-state index in [1.807, 2.05) is 0 Å². The SMILES string of the molecule is CCOC(=O)C(C)(C)C1(O)CCCC1. The van der Waals surface area contributed by atoms with Crippen LogP contribution in [0.3, 0.4) is 0 Å². The molecular weight excluding hydrogens is 180 g/mol. The van der Waals surface area contributed by atoms with Crippen LogP contribution in [0.2, 0.25) is 0 Å². The summed E-state index contributed by atoms with van der Waals surface area (Å²) in [6.07, 6.45) is 3.41. The number of aliphatic hydroxyl groups is 1. The van der Waals surface area contributed by atoms with Crippen molar-refractivity contribution in [3.8, 4) is 0 Å². The topological polar surface area (TPSA) is 46.5 Å². The highest BCUT2D eigenvalue weighted by molar-refractivity contribution is 5.77. The molecule has 1 fully saturated rings. The van der Waals surface area contributed by atoms with Gasteiger partial charge in [-0.05, 0) is 33.6 Å². The lowest BCUT2D eigenvalue weighted by molar-refractivity contribution is -0.170. The zero-order valence-corrected chi connectivity index (χ0v) is 9.30. The van der Waals surface area contributed by atoms with Crippen molar-refractivity contribution in [2.24, 2.45) is 5.41 Å². The summed E-state index contributed by atoms with van der Waals surface area (Å²) in [4.78, 5) is 11.7. The van der Waals surface area contributed by atoms with E-state index in [-0.39, 0.29) is 5.97 Å². The Kier molecular flexibility index (Phi) is 3.20. The highest BCUT2D eigenvalue weighted by atomic mass is 16.5. The molecule has 0 amide bonds. The molecule has 1 saturated carbocycles. The van der Waals surface area contributed by atoms with E-state index in [9.17, 15) is 9.90 Å². The Labute approximate surface area is 85.5 Å². The fourth-order valence-electron chi connectivity index (χ4n) is 2.09. The van der Waals surface area contributed by atoms with Crippen molar-refractivity contribution < 1.29 is 14.6 Å². The number of rotatable bonds is 3. The predicted octanol–water partition coefficient (Wildman–Crippen LogP) is 1.88. The maximum absolute atomic E-state index is 11.7. The largest absolute Gasteiger partial charge is 0.465 e. The number of esters is 1. The third-order valence-corrected chi connectivity index (χ3v) is 3.38. The Morgan fingerprint density at radius 1 is 1.43 bits per heavy atom. The van der Waals surface area contributed by atoms with Crippen LogP contribution in [-0.2, 0) is 9.53 Å². The zero-order chi connectivity index (χ0) is 10.8. The molecule has 0 heterocycles. The molecule has 82 valence electrons. The molecule has 1 N–H and O–H groups in total. The van der Waals surface area contributed by atoms with E-state index < -0.39 is 11.0 Å². The quantitative estimate of drug-likeness (QED) is 0.707. The molecule has 0 atom stereocenters. The van der Waals surface area contributed by atoms with Crippen LogP contribution >= 0.6 is 0 Å². The lowest BCUT2D eigenvalue weighted by Gasteiger charge is -2.37. The Bertz CT molecular complexity index is 215. The van der Waals surface area contributed by atoms with Gasteiger partial charge in [-0.3, -0.25) is 4.79 Å². The van der Waals surface area contributed by atoms with Gasteiger partial charge >= 0.3 is 5.97 Å². The third-order valence-electron chi connectivity index (χ3n) is 3.38. The first-order chi connectivity index (χ1) is 6.44. The summed E-state index contributed by atoms with van der Waals surface area (Å²) in [5.74, 6) is -0.288. The molecule has 0 spiro atoms. The second kappa shape index (κ2) is 3.89. The van der Waals surface area contributed by atoms with Gasteiger partial charge in [-0.2, -0.15) is 0 Å². The highest BCUT2D eigenvalue weighted by Crippen LogP contribution is 2.44. The number of carbonyl (C=O) groups excluding carboxylic acids is 1. The molecule has 0 bridgehead atoms. The third kappa shape index (κ3) is 1.78. The van der Waals surface area contributed by atoms with Crippen LogP contribution in [-0.4, -0.2) is 23.3 Å². The standard InChI is InChI=1S/C11H20O3/c1-4-14-9(12)10(2,3)11(13)7-5-6-8-11/h13H,4-8H2,1-3H3. The van der Waals surface area contributed by atoms with Gasteiger partial charge in [-0.1, -0.05) is 12.8 Å². The molecule has 0 aromatic heterocycles. The lowest BCUT2D eigenvalue weighted by Crippen LogP contribution is -2.48. The average Bonchev–Trinajstić information content (AvgIpc) is 2.54. The Hall–Kier alpha value is -0.570. The second-order valence-corrected chi connectivity index (χ2v) is 4.58. The summed E-state index contributed by atoms with van der Waals surface area (Å²) in [7, 11) is 0. The fraction of sp³-hybridized carbons (Fsp3) is 0.909. The molecule has 0 aromatic carbocycles. The maximum Gasteiger partial charge on any atom is 0.314 e. The van der Waals surface area contributed by atoms with Crippen molar-refractivity contribution in [2.75, 3.05) is 6.61 Å². The van der Waals surface area contributed by atoms with Crippen molar-refractivity contribution >= 4 is 5.97 Å². The fourth-order valence-corrected chi connectivity index (χ4v) is 2.09. The van der Waals surface area contributed by atoms with Gasteiger partial charge in [0.2, 0.25) is 0 Å². The summed E-state index contributed by atoms with van der Waals surface area (Å²) in [6.45, 7) is 5.71. The van der Waals surface area contributed by atoms with Crippen molar-refractivity contribution in [1.29, 1.82) is 0 Å². The molecule has 0 aromatic rings. The highest BCUT2D eigenvalue weighted by Gasteiger charge is 2.50. The summed E-state index contributed by atoms with van der Waals surface area (Å²) in [6, 6.07) is 0. The van der Waals surface area contributed by atoms with E-state index in [4.69, 9.17) is 4.74 Å². The molecule has 3 nitrogen and oxygen atoms in total. The van der Waals surface area contributed by atoms with Gasteiger partial charge in [0.1, 0.15) is 0 Å². The van der Waals surface area contributed by atoms with E-state index in [0.29, 0.717) is 19.4 Å². The molecule has 1 rings (SSSR count). The van der Waals surface area contributed by atoms with Crippen LogP contribution in [0.15, 0.2) is 0 Å². The van der Waals surface area contributed by atoms with Crippen LogP contribution < -0.4 is 0 Å². The minimum Gasteiger partial charge on any atom is -0.465 e. The van der Waals surface area contributed by atoms with Gasteiger partial charge in [-0.15, -0.1) is 0 Å². The van der Waals surface area contributed by atoms with Crippen molar-refractivity contribution in [3.05, 3.63) is 0 Å². The molecule has 3 heteroatoms. The molecule has 1 aliphatic carbocycles. The number of carbonyl (C=O) groups is 1. The summed E-state index contributed by atoms with van der Waals surface area (Å²) < 4.78 is 4.99. The van der Waals surface area contributed by atoms with Gasteiger partial charge < -0.3 is 9.84 Å². The molecular formula is C11H20O3. The van der Waals surface area contributed by atoms with Gasteiger partial charge in [0.15, 0.2) is 0 Å². The zero-order valence-electron chi connectivity index (χ0n) is 9.30. The normalized spacial score (nSPS) is 20.9. The Balaban J connectivity index is 2.76. The molecule has 0 saturated heterocycles. The van der Waals surface area contributed by atoms with Gasteiger partial charge in [0.05, 0.1) is 17.6 Å². The van der Waals surface area contributed by atoms with E-state index >= 15 is 0 Å². The van der Waals surface area contributed by atoms with E-state index in [1.165, 1.54) is 0 Å². The van der Waals surface area contributed by atoms with Crippen LogP contribution in [0.25, 0.3) is 0 Å². The molecule has 1 aliphatic rings. The first-order valence-electron chi connectivity index (χ1n) is 5.33. The van der Waals surface area contributed by atoms with Crippen LogP contribution in [0.5, 0.6) is 0 Å². The Morgan fingerprint density at radius 3 is 2.36 bits per heavy atom. The summed E-state index contributed by atoms with van der Waals surface area (Å²) in [5, 5.41) is 10.3. The van der Waals surface area contributed by atoms with Crippen LogP contribution in [0.1, 0.15) is 46.5 Å². The van der Waals surface area contributed by atoms with Crippen molar-refractivity contribution in [1.82, 2.24) is 0 Å². The van der Waals surface area contributed by atoms with Gasteiger partial charge in [-0.25, -0.2) is 0 Å². The Morgan fingerprint density at radius 2 is 1.93 bits per heavy atom. The maximum atomic E-state index is 11.7. The van der Waals surface area contributed by atoms with Crippen LogP contribution in [0.4, 0.5) is 0 Å². The van der Waals surface area contributed by atoms with E-state index in [1.54, 1.807) is 20.8 Å².